The van der Waals surface area contributed by atoms with E-state index in [0.29, 0.717) is 0 Å². The van der Waals surface area contributed by atoms with Crippen LogP contribution in [0.3, 0.4) is 0 Å². The number of amides is 1. The second-order valence-electron chi connectivity index (χ2n) is 4.34. The lowest BCUT2D eigenvalue weighted by molar-refractivity contribution is -0.116. The summed E-state index contributed by atoms with van der Waals surface area (Å²) in [6.45, 7) is 0. The van der Waals surface area contributed by atoms with E-state index in [0.717, 1.165) is 16.7 Å². The van der Waals surface area contributed by atoms with E-state index < -0.39 is 0 Å². The molecule has 20 heavy (non-hydrogen) atoms. The molecule has 4 heteroatoms. The lowest BCUT2D eigenvalue weighted by Gasteiger charge is -2.02. The summed E-state index contributed by atoms with van der Waals surface area (Å²) in [5.74, 6) is -0.0791. The molecule has 1 fully saturated rings. The molecule has 0 spiro atoms. The van der Waals surface area contributed by atoms with Crippen LogP contribution in [0, 0.1) is 0 Å². The lowest BCUT2D eigenvalue weighted by Crippen LogP contribution is -2.18. The number of hydrogen-bond donors (Lipinski definition) is 1. The molecule has 0 atom stereocenters. The molecule has 0 bridgehead atoms. The van der Waals surface area contributed by atoms with Gasteiger partial charge in [-0.05, 0) is 35.0 Å². The maximum absolute atomic E-state index is 11.5. The van der Waals surface area contributed by atoms with Crippen LogP contribution in [0.25, 0.3) is 17.2 Å². The lowest BCUT2D eigenvalue weighted by atomic mass is 10.0. The van der Waals surface area contributed by atoms with E-state index in [-0.39, 0.29) is 16.8 Å². The van der Waals surface area contributed by atoms with Gasteiger partial charge in [0.05, 0.1) is 0 Å². The highest BCUT2D eigenvalue weighted by atomic mass is 32.1. The van der Waals surface area contributed by atoms with Crippen LogP contribution in [0.1, 0.15) is 5.56 Å². The zero-order chi connectivity index (χ0) is 13.9. The van der Waals surface area contributed by atoms with Gasteiger partial charge in [0.2, 0.25) is 0 Å². The summed E-state index contributed by atoms with van der Waals surface area (Å²) in [5.41, 5.74) is 3.17. The molecule has 0 radical (unpaired) electrons. The monoisotopic (exact) mass is 281 g/mol. The van der Waals surface area contributed by atoms with E-state index in [1.165, 1.54) is 0 Å². The molecule has 0 unspecified atom stereocenters. The molecule has 0 aliphatic carbocycles. The number of carbonyl (C=O) groups excluding carboxylic acids is 1. The fourth-order valence-electron chi connectivity index (χ4n) is 1.97. The minimum absolute atomic E-state index is 0.0992. The summed E-state index contributed by atoms with van der Waals surface area (Å²) < 4.78 is 5.12. The van der Waals surface area contributed by atoms with Crippen LogP contribution >= 0.6 is 12.2 Å². The Morgan fingerprint density at radius 1 is 0.950 bits per heavy atom. The van der Waals surface area contributed by atoms with E-state index in [2.05, 4.69) is 17.4 Å². The van der Waals surface area contributed by atoms with Crippen molar-refractivity contribution in [2.75, 3.05) is 0 Å². The first-order chi connectivity index (χ1) is 9.72. The highest BCUT2D eigenvalue weighted by Gasteiger charge is 2.22. The van der Waals surface area contributed by atoms with E-state index >= 15 is 0 Å². The van der Waals surface area contributed by atoms with Crippen molar-refractivity contribution in [2.45, 2.75) is 0 Å². The van der Waals surface area contributed by atoms with E-state index in [1.54, 1.807) is 6.08 Å². The van der Waals surface area contributed by atoms with Gasteiger partial charge in [0, 0.05) is 0 Å². The molecular formula is C16H11NO2S. The van der Waals surface area contributed by atoms with E-state index in [4.69, 9.17) is 17.0 Å². The minimum Gasteiger partial charge on any atom is -0.426 e. The number of hydrogen-bond acceptors (Lipinski definition) is 3. The molecule has 1 N–H and O–H groups in total. The first-order valence-corrected chi connectivity index (χ1v) is 6.53. The van der Waals surface area contributed by atoms with Crippen molar-refractivity contribution in [3.05, 3.63) is 65.9 Å². The molecule has 2 aromatic rings. The van der Waals surface area contributed by atoms with E-state index in [9.17, 15) is 4.79 Å². The molecule has 3 nitrogen and oxygen atoms in total. The molecule has 1 heterocycles. The smallest absolute Gasteiger partial charge is 0.294 e. The van der Waals surface area contributed by atoms with Gasteiger partial charge in [0.15, 0.2) is 5.76 Å². The Kier molecular flexibility index (Phi) is 3.31. The van der Waals surface area contributed by atoms with Gasteiger partial charge in [-0.25, -0.2) is 0 Å². The van der Waals surface area contributed by atoms with Gasteiger partial charge >= 0.3 is 0 Å². The molecule has 3 rings (SSSR count). The highest BCUT2D eigenvalue weighted by Crippen LogP contribution is 2.20. The van der Waals surface area contributed by atoms with Gasteiger partial charge in [-0.1, -0.05) is 54.6 Å². The Hall–Kier alpha value is -2.46. The van der Waals surface area contributed by atoms with Crippen LogP contribution in [0.5, 0.6) is 0 Å². The topological polar surface area (TPSA) is 38.3 Å². The third kappa shape index (κ3) is 2.60. The van der Waals surface area contributed by atoms with Crippen molar-refractivity contribution >= 4 is 29.4 Å². The summed E-state index contributed by atoms with van der Waals surface area (Å²) in [6.07, 6.45) is 1.67. The molecule has 0 aromatic heterocycles. The number of ether oxygens (including phenoxy) is 1. The average molecular weight is 281 g/mol. The molecular weight excluding hydrogens is 270 g/mol. The zero-order valence-corrected chi connectivity index (χ0v) is 11.3. The minimum atomic E-state index is -0.304. The summed E-state index contributed by atoms with van der Waals surface area (Å²) in [4.78, 5) is 11.5. The Balaban J connectivity index is 1.86. The summed E-state index contributed by atoms with van der Waals surface area (Å²) in [6, 6.07) is 18.0. The third-order valence-corrected chi connectivity index (χ3v) is 3.14. The normalized spacial score (nSPS) is 16.1. The van der Waals surface area contributed by atoms with Gasteiger partial charge in [-0.2, -0.15) is 0 Å². The van der Waals surface area contributed by atoms with Crippen LogP contribution in [-0.2, 0) is 9.53 Å². The zero-order valence-electron chi connectivity index (χ0n) is 10.5. The van der Waals surface area contributed by atoms with Crippen molar-refractivity contribution in [3.8, 4) is 11.1 Å². The van der Waals surface area contributed by atoms with Crippen LogP contribution < -0.4 is 5.32 Å². The molecule has 1 saturated heterocycles. The highest BCUT2D eigenvalue weighted by molar-refractivity contribution is 7.80. The number of rotatable bonds is 2. The van der Waals surface area contributed by atoms with Crippen molar-refractivity contribution in [1.29, 1.82) is 0 Å². The number of nitrogens with one attached hydrogen (secondary N) is 1. The fourth-order valence-corrected chi connectivity index (χ4v) is 2.16. The predicted molar refractivity (Wildman–Crippen MR) is 81.7 cm³/mol. The van der Waals surface area contributed by atoms with Crippen LogP contribution in [0.15, 0.2) is 60.4 Å². The van der Waals surface area contributed by atoms with Crippen LogP contribution in [-0.4, -0.2) is 11.1 Å². The quantitative estimate of drug-likeness (QED) is 0.679. The van der Waals surface area contributed by atoms with Crippen molar-refractivity contribution < 1.29 is 9.53 Å². The Bertz CT molecular complexity index is 690. The summed E-state index contributed by atoms with van der Waals surface area (Å²) in [7, 11) is 0. The fraction of sp³-hybridized carbons (Fsp3) is 0. The maximum Gasteiger partial charge on any atom is 0.294 e. The second kappa shape index (κ2) is 5.27. The maximum atomic E-state index is 11.5. The average Bonchev–Trinajstić information content (AvgIpc) is 2.79. The Morgan fingerprint density at radius 2 is 1.60 bits per heavy atom. The molecule has 98 valence electrons. The summed E-state index contributed by atoms with van der Waals surface area (Å²) in [5, 5.41) is 2.53. The Morgan fingerprint density at radius 3 is 2.20 bits per heavy atom. The second-order valence-corrected chi connectivity index (χ2v) is 4.71. The number of benzene rings is 2. The number of thiocarbonyl (C=S) groups is 1. The van der Waals surface area contributed by atoms with Gasteiger partial charge in [-0.3, -0.25) is 10.1 Å². The largest absolute Gasteiger partial charge is 0.426 e. The van der Waals surface area contributed by atoms with Crippen molar-refractivity contribution in [2.24, 2.45) is 0 Å². The van der Waals surface area contributed by atoms with Crippen molar-refractivity contribution in [3.63, 3.8) is 0 Å². The third-order valence-electron chi connectivity index (χ3n) is 2.96. The van der Waals surface area contributed by atoms with Crippen molar-refractivity contribution in [1.82, 2.24) is 5.32 Å². The van der Waals surface area contributed by atoms with Gasteiger partial charge in [0.1, 0.15) is 0 Å². The van der Waals surface area contributed by atoms with E-state index in [1.807, 2.05) is 42.5 Å². The molecule has 2 aromatic carbocycles. The molecule has 0 saturated carbocycles. The number of carbonyl (C=O) groups is 1. The van der Waals surface area contributed by atoms with Gasteiger partial charge in [0.25, 0.3) is 11.1 Å². The SMILES string of the molecule is O=C1NC(=S)O/C1=C/c1ccc(-c2ccccc2)cc1. The van der Waals surface area contributed by atoms with Crippen LogP contribution in [0.2, 0.25) is 0 Å². The van der Waals surface area contributed by atoms with Gasteiger partial charge in [-0.15, -0.1) is 0 Å². The first kappa shape index (κ1) is 12.6. The van der Waals surface area contributed by atoms with Crippen LogP contribution in [0.4, 0.5) is 0 Å². The predicted octanol–water partition coefficient (Wildman–Crippen LogP) is 3.13. The first-order valence-electron chi connectivity index (χ1n) is 6.13. The summed E-state index contributed by atoms with van der Waals surface area (Å²) >= 11 is 4.78. The molecule has 1 amide bonds. The standard InChI is InChI=1S/C16H11NO2S/c18-15-14(19-16(20)17-15)10-11-6-8-13(9-7-11)12-4-2-1-3-5-12/h1-10H,(H,17,18,20)/b14-10+. The molecule has 1 aliphatic heterocycles. The van der Waals surface area contributed by atoms with Gasteiger partial charge < -0.3 is 4.74 Å². The molecule has 1 aliphatic rings. The Labute approximate surface area is 121 Å².